The molecule has 1 aromatic carbocycles. The van der Waals surface area contributed by atoms with Gasteiger partial charge in [0.1, 0.15) is 4.83 Å². The second-order valence-corrected chi connectivity index (χ2v) is 9.08. The average molecular weight is 382 g/mol. The Morgan fingerprint density at radius 2 is 1.78 bits per heavy atom. The summed E-state index contributed by atoms with van der Waals surface area (Å²) in [5.74, 6) is 1.14. The fraction of sp³-hybridized carbons (Fsp3) is 0.455. The molecule has 1 aliphatic rings. The van der Waals surface area contributed by atoms with Gasteiger partial charge in [-0.05, 0) is 68.7 Å². The summed E-state index contributed by atoms with van der Waals surface area (Å²) >= 11 is 1.70. The molecule has 27 heavy (non-hydrogen) atoms. The first kappa shape index (κ1) is 18.2. The predicted molar refractivity (Wildman–Crippen MR) is 115 cm³/mol. The Hall–Kier alpha value is -2.14. The molecule has 0 aliphatic heterocycles. The Morgan fingerprint density at radius 1 is 1.07 bits per heavy atom. The first-order chi connectivity index (χ1) is 13.0. The second kappa shape index (κ2) is 7.12. The van der Waals surface area contributed by atoms with Crippen molar-refractivity contribution < 1.29 is 0 Å². The van der Waals surface area contributed by atoms with Crippen LogP contribution in [0.25, 0.3) is 10.2 Å². The summed E-state index contributed by atoms with van der Waals surface area (Å²) in [7, 11) is 0. The van der Waals surface area contributed by atoms with Crippen molar-refractivity contribution >= 4 is 33.2 Å². The molecule has 4 nitrogen and oxygen atoms in total. The van der Waals surface area contributed by atoms with Crippen molar-refractivity contribution in [3.63, 3.8) is 0 Å². The van der Waals surface area contributed by atoms with E-state index in [1.165, 1.54) is 28.8 Å². The van der Waals surface area contributed by atoms with Crippen LogP contribution < -0.4 is 10.9 Å². The van der Waals surface area contributed by atoms with Crippen molar-refractivity contribution in [2.75, 3.05) is 5.32 Å². The van der Waals surface area contributed by atoms with Crippen LogP contribution in [0.15, 0.2) is 29.1 Å². The van der Waals surface area contributed by atoms with Crippen molar-refractivity contribution in [1.29, 1.82) is 0 Å². The molecular weight excluding hydrogens is 354 g/mol. The molecule has 0 unspecified atom stereocenters. The molecule has 1 N–H and O–H groups in total. The average Bonchev–Trinajstić information content (AvgIpc) is 3.00. The zero-order valence-corrected chi connectivity index (χ0v) is 17.3. The number of aromatic nitrogens is 2. The Morgan fingerprint density at radius 3 is 2.44 bits per heavy atom. The van der Waals surface area contributed by atoms with Crippen molar-refractivity contribution in [3.05, 3.63) is 50.6 Å². The SMILES string of the molecule is CC(C)c1ccc(Nc2nc3sc4c(c3c(=O)n2C(C)C)CCCC4)cc1. The quantitative estimate of drug-likeness (QED) is 0.623. The van der Waals surface area contributed by atoms with E-state index in [1.807, 2.05) is 13.8 Å². The molecular formula is C22H27N3OS. The fourth-order valence-corrected chi connectivity index (χ4v) is 5.12. The molecule has 3 aromatic rings. The lowest BCUT2D eigenvalue weighted by atomic mass is 9.97. The zero-order valence-electron chi connectivity index (χ0n) is 16.5. The standard InChI is InChI=1S/C22H27N3OS/c1-13(2)15-9-11-16(12-10-15)23-22-24-20-19(21(26)25(22)14(3)4)17-7-5-6-8-18(17)27-20/h9-14H,5-8H2,1-4H3,(H,23,24). The lowest BCUT2D eigenvalue weighted by Gasteiger charge is -2.18. The van der Waals surface area contributed by atoms with Gasteiger partial charge in [0, 0.05) is 16.6 Å². The van der Waals surface area contributed by atoms with Gasteiger partial charge < -0.3 is 5.32 Å². The predicted octanol–water partition coefficient (Wildman–Crippen LogP) is 5.78. The topological polar surface area (TPSA) is 46.9 Å². The highest BCUT2D eigenvalue weighted by Crippen LogP contribution is 2.35. The van der Waals surface area contributed by atoms with Crippen molar-refractivity contribution in [3.8, 4) is 0 Å². The highest BCUT2D eigenvalue weighted by atomic mass is 32.1. The molecule has 1 aliphatic carbocycles. The minimum absolute atomic E-state index is 0.0472. The summed E-state index contributed by atoms with van der Waals surface area (Å²) in [5, 5.41) is 4.24. The first-order valence-corrected chi connectivity index (χ1v) is 10.7. The number of thiophene rings is 1. The highest BCUT2D eigenvalue weighted by molar-refractivity contribution is 7.18. The molecule has 5 heteroatoms. The van der Waals surface area contributed by atoms with Crippen LogP contribution in [0.1, 0.15) is 68.5 Å². The van der Waals surface area contributed by atoms with E-state index in [1.54, 1.807) is 15.9 Å². The first-order valence-electron chi connectivity index (χ1n) is 9.89. The van der Waals surface area contributed by atoms with Crippen LogP contribution in [-0.2, 0) is 12.8 Å². The van der Waals surface area contributed by atoms with Crippen molar-refractivity contribution in [2.24, 2.45) is 0 Å². The summed E-state index contributed by atoms with van der Waals surface area (Å²) in [4.78, 5) is 20.5. The Balaban J connectivity index is 1.82. The summed E-state index contributed by atoms with van der Waals surface area (Å²) in [6.07, 6.45) is 4.47. The monoisotopic (exact) mass is 381 g/mol. The Labute approximate surface area is 164 Å². The largest absolute Gasteiger partial charge is 0.325 e. The van der Waals surface area contributed by atoms with Gasteiger partial charge in [-0.3, -0.25) is 9.36 Å². The summed E-state index contributed by atoms with van der Waals surface area (Å²) in [6.45, 7) is 8.46. The molecule has 0 amide bonds. The number of nitrogens with zero attached hydrogens (tertiary/aromatic N) is 2. The lowest BCUT2D eigenvalue weighted by molar-refractivity contribution is 0.582. The second-order valence-electron chi connectivity index (χ2n) is 8.00. The molecule has 0 saturated heterocycles. The lowest BCUT2D eigenvalue weighted by Crippen LogP contribution is -2.26. The Kier molecular flexibility index (Phi) is 4.81. The number of rotatable bonds is 4. The minimum Gasteiger partial charge on any atom is -0.325 e. The summed E-state index contributed by atoms with van der Waals surface area (Å²) in [6, 6.07) is 8.44. The third kappa shape index (κ3) is 3.29. The van der Waals surface area contributed by atoms with Gasteiger partial charge in [-0.1, -0.05) is 26.0 Å². The molecule has 4 rings (SSSR count). The number of benzene rings is 1. The number of aryl methyl sites for hydroxylation is 2. The van der Waals surface area contributed by atoms with Crippen LogP contribution >= 0.6 is 11.3 Å². The summed E-state index contributed by atoms with van der Waals surface area (Å²) < 4.78 is 1.81. The number of fused-ring (bicyclic) bond motifs is 3. The smallest absolute Gasteiger partial charge is 0.264 e. The third-order valence-corrected chi connectivity index (χ3v) is 6.56. The van der Waals surface area contributed by atoms with E-state index < -0.39 is 0 Å². The number of hydrogen-bond acceptors (Lipinski definition) is 4. The minimum atomic E-state index is 0.0472. The van der Waals surface area contributed by atoms with Gasteiger partial charge in [0.2, 0.25) is 5.95 Å². The van der Waals surface area contributed by atoms with Gasteiger partial charge >= 0.3 is 0 Å². The maximum Gasteiger partial charge on any atom is 0.264 e. The molecule has 0 bridgehead atoms. The number of nitrogens with one attached hydrogen (secondary N) is 1. The molecule has 2 aromatic heterocycles. The van der Waals surface area contributed by atoms with Gasteiger partial charge in [0.05, 0.1) is 5.39 Å². The zero-order chi connectivity index (χ0) is 19.1. The van der Waals surface area contributed by atoms with Crippen LogP contribution in [0.5, 0.6) is 0 Å². The molecule has 0 spiro atoms. The van der Waals surface area contributed by atoms with Crippen LogP contribution in [0.3, 0.4) is 0 Å². The van der Waals surface area contributed by atoms with E-state index in [-0.39, 0.29) is 11.6 Å². The van der Waals surface area contributed by atoms with Crippen LogP contribution in [0.2, 0.25) is 0 Å². The highest BCUT2D eigenvalue weighted by Gasteiger charge is 2.23. The van der Waals surface area contributed by atoms with E-state index >= 15 is 0 Å². The molecule has 0 saturated carbocycles. The Bertz CT molecular complexity index is 1030. The molecule has 142 valence electrons. The van der Waals surface area contributed by atoms with E-state index in [0.717, 1.165) is 28.7 Å². The normalized spacial score (nSPS) is 14.1. The van der Waals surface area contributed by atoms with Gasteiger partial charge in [-0.15, -0.1) is 11.3 Å². The van der Waals surface area contributed by atoms with Gasteiger partial charge in [0.15, 0.2) is 0 Å². The molecule has 0 radical (unpaired) electrons. The van der Waals surface area contributed by atoms with Crippen LogP contribution in [0, 0.1) is 0 Å². The fourth-order valence-electron chi connectivity index (χ4n) is 3.87. The van der Waals surface area contributed by atoms with Gasteiger partial charge in [-0.25, -0.2) is 4.98 Å². The van der Waals surface area contributed by atoms with Gasteiger partial charge in [-0.2, -0.15) is 0 Å². The molecule has 0 fully saturated rings. The third-order valence-electron chi connectivity index (χ3n) is 5.37. The van der Waals surface area contributed by atoms with Crippen molar-refractivity contribution in [1.82, 2.24) is 9.55 Å². The van der Waals surface area contributed by atoms with Crippen LogP contribution in [0.4, 0.5) is 11.6 Å². The van der Waals surface area contributed by atoms with E-state index in [0.29, 0.717) is 11.9 Å². The van der Waals surface area contributed by atoms with E-state index in [2.05, 4.69) is 43.4 Å². The van der Waals surface area contributed by atoms with E-state index in [9.17, 15) is 4.79 Å². The maximum atomic E-state index is 13.3. The number of hydrogen-bond donors (Lipinski definition) is 1. The number of anilines is 2. The molecule has 0 atom stereocenters. The maximum absolute atomic E-state index is 13.3. The molecule has 2 heterocycles. The van der Waals surface area contributed by atoms with Gasteiger partial charge in [0.25, 0.3) is 5.56 Å². The van der Waals surface area contributed by atoms with E-state index in [4.69, 9.17) is 4.98 Å². The van der Waals surface area contributed by atoms with Crippen LogP contribution in [-0.4, -0.2) is 9.55 Å². The van der Waals surface area contributed by atoms with Crippen molar-refractivity contribution in [2.45, 2.75) is 65.3 Å². The summed E-state index contributed by atoms with van der Waals surface area (Å²) in [5.41, 5.74) is 3.61.